The van der Waals surface area contributed by atoms with Crippen LogP contribution in [0.25, 0.3) is 0 Å². The monoisotopic (exact) mass is 236 g/mol. The molecule has 5 heteroatoms. The lowest BCUT2D eigenvalue weighted by molar-refractivity contribution is -0.121. The Bertz CT molecular complexity index is 382. The molecule has 0 radical (unpaired) electrons. The number of hydrogen-bond acceptors (Lipinski definition) is 3. The van der Waals surface area contributed by atoms with Gasteiger partial charge in [0.2, 0.25) is 5.91 Å². The minimum atomic E-state index is 0.0771. The van der Waals surface area contributed by atoms with Crippen molar-refractivity contribution < 1.29 is 4.79 Å². The van der Waals surface area contributed by atoms with E-state index in [9.17, 15) is 4.79 Å². The fourth-order valence-electron chi connectivity index (χ4n) is 1.56. The highest BCUT2D eigenvalue weighted by molar-refractivity contribution is 5.76. The summed E-state index contributed by atoms with van der Waals surface area (Å²) in [7, 11) is 0. The summed E-state index contributed by atoms with van der Waals surface area (Å²) in [5.41, 5.74) is 0.970. The summed E-state index contributed by atoms with van der Waals surface area (Å²) in [5, 5.41) is 6.25. The Balaban J connectivity index is 1.78. The highest BCUT2D eigenvalue weighted by atomic mass is 16.2. The number of carbonyl (C=O) groups is 1. The molecular weight excluding hydrogens is 216 g/mol. The lowest BCUT2D eigenvalue weighted by atomic mass is 10.3. The minimum absolute atomic E-state index is 0.0771. The van der Waals surface area contributed by atoms with Gasteiger partial charge in [0.05, 0.1) is 12.0 Å². The molecular formula is C12H20N4O. The summed E-state index contributed by atoms with van der Waals surface area (Å²) < 4.78 is 1.83. The Labute approximate surface area is 102 Å². The quantitative estimate of drug-likeness (QED) is 0.763. The fourth-order valence-corrected chi connectivity index (χ4v) is 1.56. The molecule has 0 unspecified atom stereocenters. The zero-order chi connectivity index (χ0) is 12.3. The Morgan fingerprint density at radius 1 is 1.59 bits per heavy atom. The first-order chi connectivity index (χ1) is 8.13. The van der Waals surface area contributed by atoms with Crippen LogP contribution in [0.4, 0.5) is 0 Å². The number of aromatic nitrogens is 2. The van der Waals surface area contributed by atoms with Crippen molar-refractivity contribution in [1.82, 2.24) is 20.2 Å². The van der Waals surface area contributed by atoms with E-state index in [4.69, 9.17) is 0 Å². The number of rotatable bonds is 6. The summed E-state index contributed by atoms with van der Waals surface area (Å²) in [6.07, 6.45) is 5.88. The molecule has 1 saturated carbocycles. The van der Waals surface area contributed by atoms with Gasteiger partial charge >= 0.3 is 0 Å². The molecule has 0 bridgehead atoms. The van der Waals surface area contributed by atoms with Crippen molar-refractivity contribution in [3.05, 3.63) is 18.2 Å². The number of amides is 1. The maximum atomic E-state index is 11.6. The molecule has 1 aromatic rings. The maximum absolute atomic E-state index is 11.6. The van der Waals surface area contributed by atoms with E-state index in [1.807, 2.05) is 10.8 Å². The molecule has 1 aliphatic carbocycles. The van der Waals surface area contributed by atoms with Gasteiger partial charge in [-0.25, -0.2) is 4.98 Å². The van der Waals surface area contributed by atoms with Crippen LogP contribution in [0.1, 0.15) is 32.4 Å². The Hall–Kier alpha value is -1.36. The number of hydrogen-bond donors (Lipinski definition) is 2. The lowest BCUT2D eigenvalue weighted by Gasteiger charge is -2.05. The molecule has 0 aromatic carbocycles. The highest BCUT2D eigenvalue weighted by Gasteiger charge is 2.23. The second kappa shape index (κ2) is 5.31. The summed E-state index contributed by atoms with van der Waals surface area (Å²) in [6.45, 7) is 5.31. The van der Waals surface area contributed by atoms with Gasteiger partial charge in [0.25, 0.3) is 0 Å². The van der Waals surface area contributed by atoms with E-state index in [1.165, 1.54) is 0 Å². The van der Waals surface area contributed by atoms with E-state index in [1.54, 1.807) is 6.33 Å². The van der Waals surface area contributed by atoms with Crippen LogP contribution < -0.4 is 10.6 Å². The molecule has 0 spiro atoms. The number of nitrogens with one attached hydrogen (secondary N) is 2. The molecule has 1 aliphatic rings. The van der Waals surface area contributed by atoms with Crippen molar-refractivity contribution in [3.63, 3.8) is 0 Å². The van der Waals surface area contributed by atoms with Crippen LogP contribution >= 0.6 is 0 Å². The van der Waals surface area contributed by atoms with Gasteiger partial charge in [-0.05, 0) is 12.8 Å². The van der Waals surface area contributed by atoms with Gasteiger partial charge in [0.1, 0.15) is 6.54 Å². The van der Waals surface area contributed by atoms with Crippen molar-refractivity contribution in [2.45, 2.75) is 51.9 Å². The molecule has 94 valence electrons. The van der Waals surface area contributed by atoms with Gasteiger partial charge in [-0.15, -0.1) is 0 Å². The van der Waals surface area contributed by atoms with Crippen molar-refractivity contribution in [1.29, 1.82) is 0 Å². The molecule has 2 rings (SSSR count). The average molecular weight is 236 g/mol. The molecule has 0 atom stereocenters. The highest BCUT2D eigenvalue weighted by Crippen LogP contribution is 2.18. The number of imidazole rings is 1. The number of nitrogens with zero attached hydrogens (tertiary/aromatic N) is 2. The van der Waals surface area contributed by atoms with Crippen LogP contribution in [0.15, 0.2) is 12.5 Å². The van der Waals surface area contributed by atoms with Crippen LogP contribution in [-0.2, 0) is 17.9 Å². The molecule has 2 N–H and O–H groups in total. The van der Waals surface area contributed by atoms with Crippen molar-refractivity contribution in [2.24, 2.45) is 0 Å². The predicted molar refractivity (Wildman–Crippen MR) is 65.4 cm³/mol. The topological polar surface area (TPSA) is 59.0 Å². The summed E-state index contributed by atoms with van der Waals surface area (Å²) in [6, 6.07) is 0.867. The SMILES string of the molecule is CC(C)NCc1cn(CC(=O)NC2CC2)cn1. The third-order valence-corrected chi connectivity index (χ3v) is 2.65. The van der Waals surface area contributed by atoms with E-state index in [0.29, 0.717) is 18.6 Å². The fraction of sp³-hybridized carbons (Fsp3) is 0.667. The molecule has 1 aromatic heterocycles. The van der Waals surface area contributed by atoms with Crippen LogP contribution in [0.3, 0.4) is 0 Å². The third-order valence-electron chi connectivity index (χ3n) is 2.65. The minimum Gasteiger partial charge on any atom is -0.352 e. The lowest BCUT2D eigenvalue weighted by Crippen LogP contribution is -2.28. The standard InChI is InChI=1S/C12H20N4O/c1-9(2)13-5-11-6-16(8-14-11)7-12(17)15-10-3-4-10/h6,8-10,13H,3-5,7H2,1-2H3,(H,15,17). The number of carbonyl (C=O) groups excluding carboxylic acids is 1. The average Bonchev–Trinajstić information content (AvgIpc) is 2.94. The Morgan fingerprint density at radius 2 is 2.35 bits per heavy atom. The summed E-state index contributed by atoms with van der Waals surface area (Å²) >= 11 is 0. The smallest absolute Gasteiger partial charge is 0.240 e. The zero-order valence-electron chi connectivity index (χ0n) is 10.4. The van der Waals surface area contributed by atoms with E-state index >= 15 is 0 Å². The van der Waals surface area contributed by atoms with Gasteiger partial charge in [0.15, 0.2) is 0 Å². The third kappa shape index (κ3) is 4.19. The van der Waals surface area contributed by atoms with Crippen LogP contribution in [0.5, 0.6) is 0 Å². The van der Waals surface area contributed by atoms with Gasteiger partial charge < -0.3 is 15.2 Å². The molecule has 1 fully saturated rings. The van der Waals surface area contributed by atoms with Crippen molar-refractivity contribution in [2.75, 3.05) is 0 Å². The van der Waals surface area contributed by atoms with Gasteiger partial charge in [-0.1, -0.05) is 13.8 Å². The van der Waals surface area contributed by atoms with E-state index < -0.39 is 0 Å². The second-order valence-electron chi connectivity index (χ2n) is 4.91. The Kier molecular flexibility index (Phi) is 3.78. The Morgan fingerprint density at radius 3 is 3.00 bits per heavy atom. The molecule has 0 saturated heterocycles. The zero-order valence-corrected chi connectivity index (χ0v) is 10.4. The molecule has 5 nitrogen and oxygen atoms in total. The van der Waals surface area contributed by atoms with Crippen LogP contribution in [0, 0.1) is 0 Å². The molecule has 1 heterocycles. The van der Waals surface area contributed by atoms with Crippen LogP contribution in [-0.4, -0.2) is 27.5 Å². The van der Waals surface area contributed by atoms with Gasteiger partial charge in [-0.2, -0.15) is 0 Å². The molecule has 17 heavy (non-hydrogen) atoms. The van der Waals surface area contributed by atoms with E-state index in [0.717, 1.165) is 25.1 Å². The first kappa shape index (κ1) is 12.1. The van der Waals surface area contributed by atoms with Gasteiger partial charge in [-0.3, -0.25) is 4.79 Å². The predicted octanol–water partition coefficient (Wildman–Crippen LogP) is 0.660. The normalized spacial score (nSPS) is 15.2. The largest absolute Gasteiger partial charge is 0.352 e. The molecule has 0 aliphatic heterocycles. The molecule has 1 amide bonds. The first-order valence-corrected chi connectivity index (χ1v) is 6.17. The first-order valence-electron chi connectivity index (χ1n) is 6.17. The maximum Gasteiger partial charge on any atom is 0.240 e. The summed E-state index contributed by atoms with van der Waals surface area (Å²) in [4.78, 5) is 15.8. The van der Waals surface area contributed by atoms with Crippen LogP contribution in [0.2, 0.25) is 0 Å². The second-order valence-corrected chi connectivity index (χ2v) is 4.91. The van der Waals surface area contributed by atoms with Crippen molar-refractivity contribution >= 4 is 5.91 Å². The van der Waals surface area contributed by atoms with Crippen molar-refractivity contribution in [3.8, 4) is 0 Å². The van der Waals surface area contributed by atoms with Gasteiger partial charge in [0, 0.05) is 24.8 Å². The van der Waals surface area contributed by atoms with E-state index in [-0.39, 0.29) is 5.91 Å². The van der Waals surface area contributed by atoms with E-state index in [2.05, 4.69) is 29.5 Å². The summed E-state index contributed by atoms with van der Waals surface area (Å²) in [5.74, 6) is 0.0771.